The maximum absolute atomic E-state index is 13.0. The number of halogens is 3. The Bertz CT molecular complexity index is 972. The van der Waals surface area contributed by atoms with Gasteiger partial charge in [0.25, 0.3) is 0 Å². The van der Waals surface area contributed by atoms with Gasteiger partial charge in [0.05, 0.1) is 12.2 Å². The van der Waals surface area contributed by atoms with Crippen molar-refractivity contribution in [2.45, 2.75) is 31.8 Å². The number of carbonyl (C=O) groups excluding carboxylic acids is 1. The molecule has 0 heterocycles. The second-order valence-corrected chi connectivity index (χ2v) is 8.59. The van der Waals surface area contributed by atoms with E-state index < -0.39 is 21.5 Å². The molecule has 0 atom stereocenters. The highest BCUT2D eigenvalue weighted by Crippen LogP contribution is 2.28. The maximum atomic E-state index is 13.0. The highest BCUT2D eigenvalue weighted by atomic mass is 32.2. The van der Waals surface area contributed by atoms with Crippen molar-refractivity contribution in [3.05, 3.63) is 77.4 Å². The molecule has 2 aromatic carbocycles. The Morgan fingerprint density at radius 2 is 1.71 bits per heavy atom. The first-order valence-corrected chi connectivity index (χ1v) is 11.1. The Morgan fingerprint density at radius 3 is 2.29 bits per heavy atom. The van der Waals surface area contributed by atoms with Crippen molar-refractivity contribution in [2.75, 3.05) is 13.2 Å². The summed E-state index contributed by atoms with van der Waals surface area (Å²) in [5.41, 5.74) is -3.64. The number of benzene rings is 2. The quantitative estimate of drug-likeness (QED) is 0.373. The van der Waals surface area contributed by atoms with Crippen LogP contribution >= 0.6 is 0 Å². The summed E-state index contributed by atoms with van der Waals surface area (Å²) < 4.78 is 68.3. The predicted molar refractivity (Wildman–Crippen MR) is 112 cm³/mol. The molecule has 0 radical (unpaired) electrons. The number of esters is 1. The number of rotatable bonds is 10. The second-order valence-electron chi connectivity index (χ2n) is 6.66. The zero-order valence-electron chi connectivity index (χ0n) is 17.0. The molecule has 0 spiro atoms. The van der Waals surface area contributed by atoms with Gasteiger partial charge in [-0.25, -0.2) is 13.2 Å². The molecule has 0 fully saturated rings. The van der Waals surface area contributed by atoms with E-state index in [-0.39, 0.29) is 26.1 Å². The minimum atomic E-state index is -5.43. The summed E-state index contributed by atoms with van der Waals surface area (Å²) >= 11 is 0. The van der Waals surface area contributed by atoms with E-state index in [1.807, 2.05) is 0 Å². The minimum Gasteiger partial charge on any atom is -0.462 e. The highest BCUT2D eigenvalue weighted by Gasteiger charge is 2.49. The molecule has 0 saturated carbocycles. The molecule has 0 N–H and O–H groups in total. The van der Waals surface area contributed by atoms with Gasteiger partial charge in [0.15, 0.2) is 0 Å². The molecular weight excluding hydrogens is 431 g/mol. The fourth-order valence-electron chi connectivity index (χ4n) is 2.77. The third kappa shape index (κ3) is 7.22. The van der Waals surface area contributed by atoms with E-state index in [9.17, 15) is 26.4 Å². The van der Waals surface area contributed by atoms with Crippen molar-refractivity contribution in [1.82, 2.24) is 4.31 Å². The van der Waals surface area contributed by atoms with Crippen molar-refractivity contribution < 1.29 is 31.1 Å². The van der Waals surface area contributed by atoms with Gasteiger partial charge < -0.3 is 4.74 Å². The van der Waals surface area contributed by atoms with Gasteiger partial charge >= 0.3 is 21.5 Å². The van der Waals surface area contributed by atoms with Crippen LogP contribution < -0.4 is 0 Å². The maximum Gasteiger partial charge on any atom is 0.511 e. The number of unbranched alkanes of at least 4 members (excludes halogenated alkanes) is 1. The number of carbonyl (C=O) groups is 1. The molecule has 168 valence electrons. The predicted octanol–water partition coefficient (Wildman–Crippen LogP) is 5.01. The molecule has 0 aliphatic rings. The van der Waals surface area contributed by atoms with Gasteiger partial charge in [0.2, 0.25) is 0 Å². The van der Waals surface area contributed by atoms with Crippen LogP contribution in [-0.2, 0) is 21.3 Å². The molecule has 0 aromatic heterocycles. The normalized spacial score (nSPS) is 12.4. The number of sulfonamides is 1. The summed E-state index contributed by atoms with van der Waals surface area (Å²) in [4.78, 5) is 11.6. The number of allylic oxidation sites excluding steroid dienone is 1. The van der Waals surface area contributed by atoms with Gasteiger partial charge in [-0.3, -0.25) is 0 Å². The largest absolute Gasteiger partial charge is 0.511 e. The fourth-order valence-corrected chi connectivity index (χ4v) is 3.75. The number of hydrogen-bond donors (Lipinski definition) is 0. The third-order valence-corrected chi connectivity index (χ3v) is 5.92. The molecule has 0 bridgehead atoms. The zero-order valence-corrected chi connectivity index (χ0v) is 17.8. The zero-order chi connectivity index (χ0) is 22.9. The van der Waals surface area contributed by atoms with E-state index in [1.54, 1.807) is 73.7 Å². The Balaban J connectivity index is 1.96. The Labute approximate surface area is 180 Å². The number of ether oxygens (including phenoxy) is 1. The monoisotopic (exact) mass is 455 g/mol. The summed E-state index contributed by atoms with van der Waals surface area (Å²) in [6.07, 6.45) is 4.12. The Kier molecular flexibility index (Phi) is 8.82. The summed E-state index contributed by atoms with van der Waals surface area (Å²) in [6, 6.07) is 14.8. The minimum absolute atomic E-state index is 0.222. The van der Waals surface area contributed by atoms with Crippen LogP contribution in [0.2, 0.25) is 0 Å². The van der Waals surface area contributed by atoms with E-state index >= 15 is 0 Å². The first kappa shape index (κ1) is 24.6. The molecule has 9 heteroatoms. The van der Waals surface area contributed by atoms with Crippen molar-refractivity contribution in [1.29, 1.82) is 0 Å². The third-order valence-electron chi connectivity index (χ3n) is 4.34. The summed E-state index contributed by atoms with van der Waals surface area (Å²) in [5, 5.41) is 0. The van der Waals surface area contributed by atoms with Crippen molar-refractivity contribution in [2.24, 2.45) is 0 Å². The van der Waals surface area contributed by atoms with Gasteiger partial charge in [-0.05, 0) is 43.0 Å². The van der Waals surface area contributed by atoms with Crippen LogP contribution in [0.1, 0.15) is 41.3 Å². The van der Waals surface area contributed by atoms with Gasteiger partial charge in [-0.1, -0.05) is 54.6 Å². The van der Waals surface area contributed by atoms with Gasteiger partial charge in [-0.2, -0.15) is 17.5 Å². The van der Waals surface area contributed by atoms with Crippen LogP contribution in [0, 0.1) is 0 Å². The van der Waals surface area contributed by atoms with E-state index in [2.05, 4.69) is 0 Å². The first-order valence-electron chi connectivity index (χ1n) is 9.69. The van der Waals surface area contributed by atoms with Gasteiger partial charge in [-0.15, -0.1) is 0 Å². The molecular formula is C22H24F3NO4S. The van der Waals surface area contributed by atoms with E-state index in [1.165, 1.54) is 0 Å². The van der Waals surface area contributed by atoms with E-state index in [4.69, 9.17) is 4.74 Å². The van der Waals surface area contributed by atoms with E-state index in [0.29, 0.717) is 21.9 Å². The molecule has 0 aliphatic heterocycles. The molecule has 0 amide bonds. The summed E-state index contributed by atoms with van der Waals surface area (Å²) in [7, 11) is -5.43. The lowest BCUT2D eigenvalue weighted by atomic mass is 10.1. The smallest absolute Gasteiger partial charge is 0.462 e. The van der Waals surface area contributed by atoms with Crippen LogP contribution in [0.4, 0.5) is 13.2 Å². The molecule has 2 aromatic rings. The average molecular weight is 455 g/mol. The van der Waals surface area contributed by atoms with Crippen LogP contribution in [0.25, 0.3) is 6.08 Å². The fraction of sp³-hybridized carbons (Fsp3) is 0.318. The van der Waals surface area contributed by atoms with E-state index in [0.717, 1.165) is 5.56 Å². The van der Waals surface area contributed by atoms with Crippen molar-refractivity contribution in [3.63, 3.8) is 0 Å². The molecule has 0 unspecified atom stereocenters. The molecule has 0 saturated heterocycles. The van der Waals surface area contributed by atoms with Crippen molar-refractivity contribution >= 4 is 22.1 Å². The lowest BCUT2D eigenvalue weighted by molar-refractivity contribution is -0.0491. The average Bonchev–Trinajstić information content (AvgIpc) is 2.73. The number of hydrogen-bond acceptors (Lipinski definition) is 4. The molecule has 2 rings (SSSR count). The Morgan fingerprint density at radius 1 is 1.06 bits per heavy atom. The van der Waals surface area contributed by atoms with Crippen LogP contribution in [0.15, 0.2) is 60.7 Å². The molecule has 5 nitrogen and oxygen atoms in total. The van der Waals surface area contributed by atoms with Gasteiger partial charge in [0.1, 0.15) is 0 Å². The summed E-state index contributed by atoms with van der Waals surface area (Å²) in [5.74, 6) is -0.414. The lowest BCUT2D eigenvalue weighted by Crippen LogP contribution is -2.40. The first-order chi connectivity index (χ1) is 14.6. The standard InChI is InChI=1S/C22H24F3NO4S/c1-2-30-21(27)20-14-12-18(13-15-20)9-7-4-8-16-26(31(28,29)22(23,24)25)17-19-10-5-3-6-11-19/h3,5-7,9-15H,2,4,8,16-17H2,1H3/b9-7+. The molecule has 0 aliphatic carbocycles. The van der Waals surface area contributed by atoms with Crippen LogP contribution in [0.5, 0.6) is 0 Å². The SMILES string of the molecule is CCOC(=O)c1ccc(/C=C/CCCN(Cc2ccccc2)S(=O)(=O)C(F)(F)F)cc1. The highest BCUT2D eigenvalue weighted by molar-refractivity contribution is 7.89. The Hall–Kier alpha value is -2.65. The topological polar surface area (TPSA) is 63.7 Å². The molecule has 31 heavy (non-hydrogen) atoms. The van der Waals surface area contributed by atoms with Crippen molar-refractivity contribution in [3.8, 4) is 0 Å². The second kappa shape index (κ2) is 11.1. The summed E-state index contributed by atoms with van der Waals surface area (Å²) in [6.45, 7) is 1.40. The van der Waals surface area contributed by atoms with Crippen LogP contribution in [-0.4, -0.2) is 37.4 Å². The van der Waals surface area contributed by atoms with Crippen LogP contribution in [0.3, 0.4) is 0 Å². The number of nitrogens with zero attached hydrogens (tertiary/aromatic N) is 1. The lowest BCUT2D eigenvalue weighted by Gasteiger charge is -2.23. The van der Waals surface area contributed by atoms with Gasteiger partial charge in [0, 0.05) is 13.1 Å². The number of alkyl halides is 3.